The number of halogens is 4. The summed E-state index contributed by atoms with van der Waals surface area (Å²) >= 11 is 0. The first-order valence-corrected chi connectivity index (χ1v) is 11.1. The summed E-state index contributed by atoms with van der Waals surface area (Å²) in [5.74, 6) is -3.89. The Balaban J connectivity index is 2.02. The van der Waals surface area contributed by atoms with E-state index in [2.05, 4.69) is 24.6 Å². The molecule has 3 N–H and O–H groups in total. The molecule has 10 nitrogen and oxygen atoms in total. The van der Waals surface area contributed by atoms with Gasteiger partial charge in [0, 0.05) is 13.2 Å². The molecule has 0 fully saturated rings. The summed E-state index contributed by atoms with van der Waals surface area (Å²) in [7, 11) is -3.27. The highest BCUT2D eigenvalue weighted by atomic mass is 32.2. The van der Waals surface area contributed by atoms with Crippen LogP contribution in [-0.4, -0.2) is 49.4 Å². The first kappa shape index (κ1) is 24.8. The van der Waals surface area contributed by atoms with Crippen LogP contribution in [0.15, 0.2) is 33.8 Å². The summed E-state index contributed by atoms with van der Waals surface area (Å²) in [6, 6.07) is 5.39. The van der Waals surface area contributed by atoms with Crippen molar-refractivity contribution in [2.75, 3.05) is 18.1 Å². The predicted octanol–water partition coefficient (Wildman–Crippen LogP) is 2.43. The molecule has 3 heterocycles. The van der Waals surface area contributed by atoms with Gasteiger partial charge in [0.25, 0.3) is 5.91 Å². The van der Waals surface area contributed by atoms with Crippen molar-refractivity contribution in [1.82, 2.24) is 14.3 Å². The molecule has 15 heteroatoms. The van der Waals surface area contributed by atoms with E-state index < -0.39 is 55.2 Å². The van der Waals surface area contributed by atoms with Crippen LogP contribution in [0.2, 0.25) is 0 Å². The van der Waals surface area contributed by atoms with Gasteiger partial charge in [-0.25, -0.2) is 27.9 Å². The third-order valence-electron chi connectivity index (χ3n) is 4.86. The number of rotatable bonds is 3. The zero-order valence-corrected chi connectivity index (χ0v) is 18.8. The summed E-state index contributed by atoms with van der Waals surface area (Å²) < 4.78 is 70.9. The lowest BCUT2D eigenvalue weighted by molar-refractivity contribution is -0.187. The van der Waals surface area contributed by atoms with Gasteiger partial charge >= 0.3 is 6.30 Å². The highest BCUT2D eigenvalue weighted by Gasteiger charge is 2.52. The van der Waals surface area contributed by atoms with Gasteiger partial charge in [0.2, 0.25) is 5.96 Å². The minimum Gasteiger partial charge on any atom is -0.369 e. The second kappa shape index (κ2) is 8.52. The van der Waals surface area contributed by atoms with Gasteiger partial charge in [-0.2, -0.15) is 9.57 Å². The van der Waals surface area contributed by atoms with Crippen molar-refractivity contribution in [2.45, 2.75) is 25.7 Å². The number of nitrogens with zero attached hydrogens (tertiary/aromatic N) is 6. The molecular formula is C19H18F4N8O2S. The average molecular weight is 498 g/mol. The van der Waals surface area contributed by atoms with E-state index in [1.165, 1.54) is 19.2 Å². The number of aromatic nitrogens is 2. The standard InChI is InChI=1S/C19H18F4N8O2S/c1-10-6-11(7-24)8-27-14(10)16(32)29-13-5-4-12(20)15(28-13)18(2)9-34(33,26-3)31(17(25)30-18)19(21,22)23/h4-6,8H,9H2,1-3H3,(H2,25,30)(H,28,29,32)/t18-,34?/m0/s1. The molecule has 2 aromatic heterocycles. The van der Waals surface area contributed by atoms with Crippen LogP contribution in [0.25, 0.3) is 0 Å². The van der Waals surface area contributed by atoms with Gasteiger partial charge < -0.3 is 11.1 Å². The molecule has 2 atom stereocenters. The summed E-state index contributed by atoms with van der Waals surface area (Å²) in [5, 5.41) is 11.3. The molecule has 1 aliphatic rings. The molecule has 0 saturated heterocycles. The second-order valence-electron chi connectivity index (χ2n) is 7.42. The summed E-state index contributed by atoms with van der Waals surface area (Å²) in [6.45, 7) is 2.77. The monoisotopic (exact) mass is 498 g/mol. The number of carbonyl (C=O) groups excluding carboxylic acids is 1. The number of amides is 1. The van der Waals surface area contributed by atoms with E-state index in [0.29, 0.717) is 5.56 Å². The van der Waals surface area contributed by atoms with Crippen LogP contribution in [0.1, 0.15) is 34.2 Å². The number of pyridine rings is 2. The third-order valence-corrected chi connectivity index (χ3v) is 7.33. The normalized spacial score (nSPS) is 22.5. The van der Waals surface area contributed by atoms with Crippen LogP contribution in [0, 0.1) is 24.1 Å². The lowest BCUT2D eigenvalue weighted by Crippen LogP contribution is -2.57. The van der Waals surface area contributed by atoms with Crippen molar-refractivity contribution < 1.29 is 26.6 Å². The fraction of sp³-hybridized carbons (Fsp3) is 0.316. The maximum Gasteiger partial charge on any atom is 0.499 e. The van der Waals surface area contributed by atoms with Gasteiger partial charge in [0.15, 0.2) is 0 Å². The number of hydrogen-bond acceptors (Lipinski definition) is 8. The van der Waals surface area contributed by atoms with Gasteiger partial charge in [0.05, 0.1) is 11.3 Å². The summed E-state index contributed by atoms with van der Waals surface area (Å²) in [6.07, 6.45) is -3.94. The molecule has 0 radical (unpaired) electrons. The average Bonchev–Trinajstić information content (AvgIpc) is 2.73. The number of anilines is 1. The topological polar surface area (TPSA) is 150 Å². The molecule has 3 rings (SSSR count). The zero-order valence-electron chi connectivity index (χ0n) is 18.0. The Kier molecular flexibility index (Phi) is 6.22. The fourth-order valence-corrected chi connectivity index (χ4v) is 5.42. The lowest BCUT2D eigenvalue weighted by Gasteiger charge is -2.38. The highest BCUT2D eigenvalue weighted by molar-refractivity contribution is 7.92. The number of guanidine groups is 1. The van der Waals surface area contributed by atoms with E-state index in [0.717, 1.165) is 19.2 Å². The first-order valence-electron chi connectivity index (χ1n) is 9.44. The van der Waals surface area contributed by atoms with E-state index in [1.54, 1.807) is 6.92 Å². The van der Waals surface area contributed by atoms with Gasteiger partial charge in [0.1, 0.15) is 44.5 Å². The maximum absolute atomic E-state index is 14.7. The number of aliphatic imine (C=N–C) groups is 1. The Labute approximate surface area is 191 Å². The van der Waals surface area contributed by atoms with Gasteiger partial charge in [-0.05, 0) is 37.6 Å². The molecule has 0 bridgehead atoms. The Hall–Kier alpha value is -3.80. The van der Waals surface area contributed by atoms with Crippen LogP contribution in [0.4, 0.5) is 23.4 Å². The quantitative estimate of drug-likeness (QED) is 0.490. The largest absolute Gasteiger partial charge is 0.499 e. The molecule has 0 aromatic carbocycles. The van der Waals surface area contributed by atoms with Crippen molar-refractivity contribution in [1.29, 1.82) is 5.26 Å². The number of carbonyl (C=O) groups is 1. The number of alkyl halides is 3. The van der Waals surface area contributed by atoms with Gasteiger partial charge in [-0.15, -0.1) is 13.2 Å². The molecule has 0 spiro atoms. The Morgan fingerprint density at radius 3 is 2.65 bits per heavy atom. The van der Waals surface area contributed by atoms with E-state index in [1.807, 2.05) is 6.07 Å². The lowest BCUT2D eigenvalue weighted by atomic mass is 10.00. The fourth-order valence-electron chi connectivity index (χ4n) is 3.41. The molecule has 1 unspecified atom stereocenters. The van der Waals surface area contributed by atoms with Gasteiger partial charge in [-0.3, -0.25) is 4.79 Å². The number of hydrogen-bond donors (Lipinski definition) is 2. The SMILES string of the molecule is CN=S1(=O)C[C@@](C)(c2nc(NC(=O)c3ncc(C#N)cc3C)ccc2F)N=C(N)N1C(F)(F)F. The van der Waals surface area contributed by atoms with Gasteiger partial charge in [-0.1, -0.05) is 0 Å². The van der Waals surface area contributed by atoms with E-state index in [4.69, 9.17) is 11.0 Å². The minimum absolute atomic E-state index is 0.0218. The third kappa shape index (κ3) is 4.49. The van der Waals surface area contributed by atoms with E-state index in [9.17, 15) is 26.6 Å². The highest BCUT2D eigenvalue weighted by Crippen LogP contribution is 2.38. The Morgan fingerprint density at radius 1 is 1.41 bits per heavy atom. The molecule has 1 amide bonds. The predicted molar refractivity (Wildman–Crippen MR) is 114 cm³/mol. The van der Waals surface area contributed by atoms with Crippen molar-refractivity contribution in [3.63, 3.8) is 0 Å². The van der Waals surface area contributed by atoms with Crippen molar-refractivity contribution in [3.05, 3.63) is 52.7 Å². The molecular weight excluding hydrogens is 480 g/mol. The minimum atomic E-state index is -5.14. The first-order chi connectivity index (χ1) is 15.7. The molecule has 180 valence electrons. The Morgan fingerprint density at radius 2 is 2.09 bits per heavy atom. The van der Waals surface area contributed by atoms with Crippen molar-refractivity contribution in [3.8, 4) is 6.07 Å². The summed E-state index contributed by atoms with van der Waals surface area (Å²) in [5.41, 5.74) is 3.72. The van der Waals surface area contributed by atoms with Crippen LogP contribution in [0.5, 0.6) is 0 Å². The number of nitrogens with two attached hydrogens (primary N) is 1. The molecule has 0 aliphatic carbocycles. The number of aryl methyl sites for hydroxylation is 1. The second-order valence-corrected chi connectivity index (χ2v) is 9.65. The molecule has 34 heavy (non-hydrogen) atoms. The number of nitriles is 1. The Bertz CT molecular complexity index is 1360. The van der Waals surface area contributed by atoms with E-state index in [-0.39, 0.29) is 17.1 Å². The van der Waals surface area contributed by atoms with Crippen LogP contribution < -0.4 is 11.1 Å². The van der Waals surface area contributed by atoms with Crippen LogP contribution >= 0.6 is 0 Å². The van der Waals surface area contributed by atoms with E-state index >= 15 is 0 Å². The van der Waals surface area contributed by atoms with Crippen LogP contribution in [0.3, 0.4) is 0 Å². The number of nitrogens with one attached hydrogen (secondary N) is 1. The molecule has 2 aromatic rings. The van der Waals surface area contributed by atoms with Crippen molar-refractivity contribution in [2.24, 2.45) is 15.1 Å². The smallest absolute Gasteiger partial charge is 0.369 e. The summed E-state index contributed by atoms with van der Waals surface area (Å²) in [4.78, 5) is 24.3. The zero-order chi connectivity index (χ0) is 25.5. The molecule has 0 saturated carbocycles. The van der Waals surface area contributed by atoms with Crippen molar-refractivity contribution >= 4 is 27.6 Å². The maximum atomic E-state index is 14.7. The van der Waals surface area contributed by atoms with Crippen LogP contribution in [-0.2, 0) is 15.5 Å². The molecule has 1 aliphatic heterocycles.